The van der Waals surface area contributed by atoms with E-state index in [-0.39, 0.29) is 5.97 Å². The van der Waals surface area contributed by atoms with Crippen molar-refractivity contribution in [1.82, 2.24) is 0 Å². The van der Waals surface area contributed by atoms with Gasteiger partial charge < -0.3 is 9.47 Å². The average Bonchev–Trinajstić information content (AvgIpc) is 2.77. The van der Waals surface area contributed by atoms with Crippen LogP contribution in [0.15, 0.2) is 84.9 Å². The smallest absolute Gasteiger partial charge is 0.330 e. The van der Waals surface area contributed by atoms with Crippen LogP contribution >= 0.6 is 0 Å². The van der Waals surface area contributed by atoms with E-state index in [4.69, 9.17) is 4.74 Å². The SMILES string of the molecule is COC(=O)/C=C/c1ccc(C2=C(c3ccccc3)COc3ccccc32)cc1. The van der Waals surface area contributed by atoms with Gasteiger partial charge in [0.05, 0.1) is 7.11 Å². The zero-order valence-corrected chi connectivity index (χ0v) is 15.6. The van der Waals surface area contributed by atoms with Gasteiger partial charge in [-0.25, -0.2) is 4.79 Å². The Labute approximate surface area is 164 Å². The van der Waals surface area contributed by atoms with Crippen molar-refractivity contribution in [3.8, 4) is 5.75 Å². The molecule has 28 heavy (non-hydrogen) atoms. The largest absolute Gasteiger partial charge is 0.488 e. The van der Waals surface area contributed by atoms with Crippen LogP contribution in [-0.4, -0.2) is 19.7 Å². The van der Waals surface area contributed by atoms with Gasteiger partial charge in [0.25, 0.3) is 0 Å². The lowest BCUT2D eigenvalue weighted by atomic mass is 9.87. The van der Waals surface area contributed by atoms with Crippen LogP contribution in [0.25, 0.3) is 17.2 Å². The fourth-order valence-electron chi connectivity index (χ4n) is 3.37. The number of rotatable bonds is 4. The molecule has 0 N–H and O–H groups in total. The predicted octanol–water partition coefficient (Wildman–Crippen LogP) is 5.22. The quantitative estimate of drug-likeness (QED) is 0.468. The van der Waals surface area contributed by atoms with Crippen LogP contribution < -0.4 is 4.74 Å². The molecule has 0 unspecified atom stereocenters. The van der Waals surface area contributed by atoms with Crippen molar-refractivity contribution in [2.45, 2.75) is 0 Å². The van der Waals surface area contributed by atoms with Gasteiger partial charge in [-0.15, -0.1) is 0 Å². The Balaban J connectivity index is 1.80. The van der Waals surface area contributed by atoms with E-state index in [0.29, 0.717) is 6.61 Å². The van der Waals surface area contributed by atoms with Gasteiger partial charge in [-0.3, -0.25) is 0 Å². The van der Waals surface area contributed by atoms with Crippen LogP contribution in [0, 0.1) is 0 Å². The van der Waals surface area contributed by atoms with Crippen LogP contribution in [0.4, 0.5) is 0 Å². The second-order valence-electron chi connectivity index (χ2n) is 6.48. The molecule has 1 aliphatic rings. The van der Waals surface area contributed by atoms with Gasteiger partial charge in [-0.05, 0) is 34.4 Å². The summed E-state index contributed by atoms with van der Waals surface area (Å²) in [5.74, 6) is 0.531. The molecule has 3 heteroatoms. The third-order valence-electron chi connectivity index (χ3n) is 4.76. The van der Waals surface area contributed by atoms with Crippen molar-refractivity contribution in [3.05, 3.63) is 107 Å². The number of esters is 1. The molecule has 0 saturated carbocycles. The Morgan fingerprint density at radius 3 is 2.36 bits per heavy atom. The van der Waals surface area contributed by atoms with E-state index < -0.39 is 0 Å². The van der Waals surface area contributed by atoms with E-state index in [1.165, 1.54) is 18.8 Å². The Bertz CT molecular complexity index is 1040. The van der Waals surface area contributed by atoms with E-state index >= 15 is 0 Å². The summed E-state index contributed by atoms with van der Waals surface area (Å²) in [6, 6.07) is 26.6. The molecule has 3 aromatic carbocycles. The zero-order chi connectivity index (χ0) is 19.3. The third kappa shape index (κ3) is 3.60. The second kappa shape index (κ2) is 7.97. The number of fused-ring (bicyclic) bond motifs is 1. The summed E-state index contributed by atoms with van der Waals surface area (Å²) in [6.45, 7) is 0.528. The molecule has 1 aliphatic heterocycles. The third-order valence-corrected chi connectivity index (χ3v) is 4.76. The Hall–Kier alpha value is -3.59. The summed E-state index contributed by atoms with van der Waals surface area (Å²) in [4.78, 5) is 11.3. The number of hydrogen-bond acceptors (Lipinski definition) is 3. The highest BCUT2D eigenvalue weighted by atomic mass is 16.5. The fourth-order valence-corrected chi connectivity index (χ4v) is 3.37. The summed E-state index contributed by atoms with van der Waals surface area (Å²) in [5, 5.41) is 0. The number of ether oxygens (including phenoxy) is 2. The number of carbonyl (C=O) groups is 1. The molecule has 4 rings (SSSR count). The first-order valence-electron chi connectivity index (χ1n) is 9.13. The van der Waals surface area contributed by atoms with E-state index in [2.05, 4.69) is 35.1 Å². The normalized spacial score (nSPS) is 13.2. The number of hydrogen-bond donors (Lipinski definition) is 0. The minimum Gasteiger partial charge on any atom is -0.488 e. The first-order chi connectivity index (χ1) is 13.8. The van der Waals surface area contributed by atoms with Gasteiger partial charge in [-0.2, -0.15) is 0 Å². The minimum absolute atomic E-state index is 0.364. The van der Waals surface area contributed by atoms with Crippen molar-refractivity contribution in [2.24, 2.45) is 0 Å². The minimum atomic E-state index is -0.364. The molecule has 0 saturated heterocycles. The maximum absolute atomic E-state index is 11.3. The van der Waals surface area contributed by atoms with Gasteiger partial charge in [0, 0.05) is 17.2 Å². The summed E-state index contributed by atoms with van der Waals surface area (Å²) in [7, 11) is 1.37. The molecular formula is C25H20O3. The molecule has 1 heterocycles. The zero-order valence-electron chi connectivity index (χ0n) is 15.6. The molecule has 3 aromatic rings. The maximum Gasteiger partial charge on any atom is 0.330 e. The highest BCUT2D eigenvalue weighted by molar-refractivity contribution is 6.01. The first kappa shape index (κ1) is 17.8. The lowest BCUT2D eigenvalue weighted by Gasteiger charge is -2.25. The van der Waals surface area contributed by atoms with Crippen LogP contribution in [0.2, 0.25) is 0 Å². The molecule has 0 fully saturated rings. The van der Waals surface area contributed by atoms with E-state index in [9.17, 15) is 4.79 Å². The van der Waals surface area contributed by atoms with Crippen LogP contribution in [0.3, 0.4) is 0 Å². The lowest BCUT2D eigenvalue weighted by molar-refractivity contribution is -0.134. The molecule has 0 radical (unpaired) electrons. The number of benzene rings is 3. The van der Waals surface area contributed by atoms with Gasteiger partial charge in [0.15, 0.2) is 0 Å². The van der Waals surface area contributed by atoms with Gasteiger partial charge in [0.1, 0.15) is 12.4 Å². The van der Waals surface area contributed by atoms with E-state index in [0.717, 1.165) is 33.6 Å². The topological polar surface area (TPSA) is 35.5 Å². The van der Waals surface area contributed by atoms with Crippen molar-refractivity contribution in [3.63, 3.8) is 0 Å². The Morgan fingerprint density at radius 2 is 1.61 bits per heavy atom. The van der Waals surface area contributed by atoms with Gasteiger partial charge in [0.2, 0.25) is 0 Å². The van der Waals surface area contributed by atoms with Crippen molar-refractivity contribution < 1.29 is 14.3 Å². The summed E-state index contributed by atoms with van der Waals surface area (Å²) >= 11 is 0. The molecule has 3 nitrogen and oxygen atoms in total. The predicted molar refractivity (Wildman–Crippen MR) is 112 cm³/mol. The van der Waals surface area contributed by atoms with Crippen LogP contribution in [-0.2, 0) is 9.53 Å². The average molecular weight is 368 g/mol. The Morgan fingerprint density at radius 1 is 0.893 bits per heavy atom. The molecule has 0 amide bonds. The van der Waals surface area contributed by atoms with E-state index in [1.807, 2.05) is 48.5 Å². The highest BCUT2D eigenvalue weighted by Gasteiger charge is 2.22. The number of para-hydroxylation sites is 1. The van der Waals surface area contributed by atoms with Gasteiger partial charge >= 0.3 is 5.97 Å². The summed E-state index contributed by atoms with van der Waals surface area (Å²) < 4.78 is 10.7. The fraction of sp³-hybridized carbons (Fsp3) is 0.0800. The van der Waals surface area contributed by atoms with Crippen molar-refractivity contribution in [1.29, 1.82) is 0 Å². The monoisotopic (exact) mass is 368 g/mol. The van der Waals surface area contributed by atoms with Crippen molar-refractivity contribution in [2.75, 3.05) is 13.7 Å². The molecule has 0 atom stereocenters. The molecular weight excluding hydrogens is 348 g/mol. The molecule has 0 aromatic heterocycles. The molecule has 0 bridgehead atoms. The van der Waals surface area contributed by atoms with Crippen LogP contribution in [0.1, 0.15) is 22.3 Å². The number of methoxy groups -OCH3 is 1. The van der Waals surface area contributed by atoms with E-state index in [1.54, 1.807) is 6.08 Å². The second-order valence-corrected chi connectivity index (χ2v) is 6.48. The lowest BCUT2D eigenvalue weighted by Crippen LogP contribution is -2.11. The first-order valence-corrected chi connectivity index (χ1v) is 9.13. The standard InChI is InChI=1S/C25H20O3/c1-27-24(26)16-13-18-11-14-20(15-12-18)25-21-9-5-6-10-23(21)28-17-22(25)19-7-3-2-4-8-19/h2-16H,17H2,1H3/b16-13+. The summed E-state index contributed by atoms with van der Waals surface area (Å²) in [6.07, 6.45) is 3.17. The Kier molecular flexibility index (Phi) is 5.07. The van der Waals surface area contributed by atoms with Crippen LogP contribution in [0.5, 0.6) is 5.75 Å². The summed E-state index contributed by atoms with van der Waals surface area (Å²) in [5.41, 5.74) is 6.64. The molecule has 0 aliphatic carbocycles. The highest BCUT2D eigenvalue weighted by Crippen LogP contribution is 2.40. The van der Waals surface area contributed by atoms with Crippen molar-refractivity contribution >= 4 is 23.2 Å². The molecule has 138 valence electrons. The number of carbonyl (C=O) groups excluding carboxylic acids is 1. The van der Waals surface area contributed by atoms with Gasteiger partial charge in [-0.1, -0.05) is 72.8 Å². The maximum atomic E-state index is 11.3. The molecule has 0 spiro atoms.